The Morgan fingerprint density at radius 3 is 2.26 bits per heavy atom. The maximum absolute atomic E-state index is 11.5. The Kier molecular flexibility index (Phi) is 10.2. The first-order chi connectivity index (χ1) is 10.6. The molecule has 1 N–H and O–H groups in total. The maximum Gasteiger partial charge on any atom is 0.673 e. The molecule has 0 aliphatic rings. The maximum atomic E-state index is 11.5. The molecular formula is C12H21BF4N2O4. The van der Waals surface area contributed by atoms with Crippen molar-refractivity contribution in [2.45, 2.75) is 13.3 Å². The van der Waals surface area contributed by atoms with Crippen LogP contribution < -0.4 is 4.57 Å². The summed E-state index contributed by atoms with van der Waals surface area (Å²) in [5, 5.41) is 0. The van der Waals surface area contributed by atoms with Gasteiger partial charge in [0.2, 0.25) is 0 Å². The van der Waals surface area contributed by atoms with E-state index in [4.69, 9.17) is 14.2 Å². The molecule has 0 saturated carbocycles. The van der Waals surface area contributed by atoms with E-state index < -0.39 is 7.25 Å². The van der Waals surface area contributed by atoms with E-state index in [-0.39, 0.29) is 19.0 Å². The average molecular weight is 344 g/mol. The number of nitrogens with one attached hydrogen (secondary N) is 1. The van der Waals surface area contributed by atoms with Crippen LogP contribution in [0.25, 0.3) is 0 Å². The molecular weight excluding hydrogens is 323 g/mol. The zero-order valence-electron chi connectivity index (χ0n) is 13.3. The smallest absolute Gasteiger partial charge is 0.463 e. The van der Waals surface area contributed by atoms with Crippen molar-refractivity contribution >= 4 is 13.2 Å². The normalized spacial score (nSPS) is 10.9. The Hall–Kier alpha value is -1.62. The first-order valence-electron chi connectivity index (χ1n) is 6.77. The number of nitrogens with zero attached hydrogens (tertiary/aromatic N) is 1. The van der Waals surface area contributed by atoms with Gasteiger partial charge >= 0.3 is 13.2 Å². The molecule has 1 rings (SSSR count). The molecule has 1 heterocycles. The van der Waals surface area contributed by atoms with Gasteiger partial charge in [0.15, 0.2) is 5.69 Å². The number of esters is 1. The molecule has 1 aromatic heterocycles. The highest BCUT2D eigenvalue weighted by Crippen LogP contribution is 2.06. The van der Waals surface area contributed by atoms with Crippen LogP contribution in [0.3, 0.4) is 0 Å². The van der Waals surface area contributed by atoms with Crippen molar-refractivity contribution in [1.82, 2.24) is 4.98 Å². The summed E-state index contributed by atoms with van der Waals surface area (Å²) < 4.78 is 56.0. The molecule has 0 fully saturated rings. The number of carbonyl (C=O) groups is 1. The Morgan fingerprint density at radius 2 is 1.78 bits per heavy atom. The summed E-state index contributed by atoms with van der Waals surface area (Å²) in [4.78, 5) is 14.6. The van der Waals surface area contributed by atoms with Gasteiger partial charge in [0.25, 0.3) is 5.82 Å². The number of hydrogen-bond donors (Lipinski definition) is 1. The molecule has 0 amide bonds. The number of methoxy groups -OCH3 is 1. The Balaban J connectivity index is 0.000000841. The van der Waals surface area contributed by atoms with E-state index in [0.29, 0.717) is 19.8 Å². The van der Waals surface area contributed by atoms with E-state index in [0.717, 1.165) is 11.5 Å². The monoisotopic (exact) mass is 344 g/mol. The lowest BCUT2D eigenvalue weighted by atomic mass is 10.3. The molecule has 0 spiro atoms. The van der Waals surface area contributed by atoms with Crippen LogP contribution in [-0.2, 0) is 32.5 Å². The van der Waals surface area contributed by atoms with Crippen LogP contribution >= 0.6 is 0 Å². The summed E-state index contributed by atoms with van der Waals surface area (Å²) in [7, 11) is -2.48. The minimum absolute atomic E-state index is 0.250. The number of aryl methyl sites for hydroxylation is 1. The van der Waals surface area contributed by atoms with Gasteiger partial charge in [-0.1, -0.05) is 0 Å². The fourth-order valence-corrected chi connectivity index (χ4v) is 1.42. The first kappa shape index (κ1) is 21.4. The molecule has 23 heavy (non-hydrogen) atoms. The van der Waals surface area contributed by atoms with Crippen LogP contribution in [0, 0.1) is 6.92 Å². The highest BCUT2D eigenvalue weighted by atomic mass is 19.5. The van der Waals surface area contributed by atoms with Gasteiger partial charge in [0.05, 0.1) is 26.9 Å². The summed E-state index contributed by atoms with van der Waals surface area (Å²) in [6.07, 6.45) is 2.07. The van der Waals surface area contributed by atoms with Crippen molar-refractivity contribution < 1.29 is 40.8 Å². The molecule has 0 unspecified atom stereocenters. The lowest BCUT2D eigenvalue weighted by Crippen LogP contribution is -2.35. The van der Waals surface area contributed by atoms with Gasteiger partial charge < -0.3 is 31.5 Å². The molecule has 0 radical (unpaired) electrons. The van der Waals surface area contributed by atoms with E-state index in [1.807, 2.05) is 24.7 Å². The molecule has 11 heteroatoms. The fraction of sp³-hybridized carbons (Fsp3) is 0.667. The summed E-state index contributed by atoms with van der Waals surface area (Å²) in [6, 6.07) is 0. The number of imidazole rings is 1. The number of rotatable bonds is 8. The zero-order chi connectivity index (χ0) is 17.9. The van der Waals surface area contributed by atoms with Gasteiger partial charge in [-0.25, -0.2) is 9.55 Å². The van der Waals surface area contributed by atoms with E-state index in [9.17, 15) is 22.1 Å². The van der Waals surface area contributed by atoms with Gasteiger partial charge in [-0.2, -0.15) is 0 Å². The van der Waals surface area contributed by atoms with Gasteiger partial charge in [-0.15, -0.1) is 0 Å². The first-order valence-corrected chi connectivity index (χ1v) is 6.77. The van der Waals surface area contributed by atoms with Crippen molar-refractivity contribution in [3.05, 3.63) is 17.7 Å². The molecule has 0 atom stereocenters. The Labute approximate surface area is 131 Å². The second-order valence-corrected chi connectivity index (χ2v) is 4.42. The molecule has 0 aliphatic carbocycles. The van der Waals surface area contributed by atoms with Crippen molar-refractivity contribution in [2.75, 3.05) is 33.5 Å². The average Bonchev–Trinajstić information content (AvgIpc) is 2.73. The van der Waals surface area contributed by atoms with Crippen LogP contribution in [0.5, 0.6) is 0 Å². The predicted molar refractivity (Wildman–Crippen MR) is 74.2 cm³/mol. The highest BCUT2D eigenvalue weighted by molar-refractivity contribution is 6.50. The number of aromatic amines is 1. The number of aromatic nitrogens is 2. The second-order valence-electron chi connectivity index (χ2n) is 4.42. The Morgan fingerprint density at radius 1 is 1.22 bits per heavy atom. The van der Waals surface area contributed by atoms with Crippen LogP contribution in [0.1, 0.15) is 11.5 Å². The molecule has 0 aliphatic heterocycles. The van der Waals surface area contributed by atoms with E-state index >= 15 is 0 Å². The number of hydrogen-bond acceptors (Lipinski definition) is 4. The molecule has 0 bridgehead atoms. The van der Waals surface area contributed by atoms with Crippen LogP contribution in [0.2, 0.25) is 0 Å². The molecule has 6 nitrogen and oxygen atoms in total. The topological polar surface area (TPSA) is 64.4 Å². The summed E-state index contributed by atoms with van der Waals surface area (Å²) in [5.74, 6) is 0.751. The minimum Gasteiger partial charge on any atom is -0.463 e. The number of carbonyl (C=O) groups excluding carboxylic acids is 1. The SMILES string of the molecule is COCCOCCOC(=O)Cc1c[nH]c(C)[n+]1C.F[B-](F)(F)F. The lowest BCUT2D eigenvalue weighted by Gasteiger charge is -2.05. The standard InChI is InChI=1S/C12H20N2O4.BF4/c1-10-13-9-11(14(10)2)8-12(15)18-7-6-17-5-4-16-3;2-1(3,4)5/h9H,4-8H2,1-3H3;/q;-1/p+1. The molecule has 1 aromatic rings. The molecule has 134 valence electrons. The van der Waals surface area contributed by atoms with Gasteiger partial charge in [0, 0.05) is 14.0 Å². The van der Waals surface area contributed by atoms with Gasteiger partial charge in [-0.3, -0.25) is 4.79 Å². The van der Waals surface area contributed by atoms with E-state index in [2.05, 4.69) is 4.98 Å². The summed E-state index contributed by atoms with van der Waals surface area (Å²) in [5.41, 5.74) is 0.901. The van der Waals surface area contributed by atoms with Crippen LogP contribution in [0.4, 0.5) is 17.3 Å². The second kappa shape index (κ2) is 11.0. The van der Waals surface area contributed by atoms with E-state index in [1.54, 1.807) is 7.11 Å². The van der Waals surface area contributed by atoms with Crippen molar-refractivity contribution in [3.63, 3.8) is 0 Å². The van der Waals surface area contributed by atoms with Crippen molar-refractivity contribution in [2.24, 2.45) is 7.05 Å². The number of halogens is 4. The largest absolute Gasteiger partial charge is 0.673 e. The third-order valence-corrected chi connectivity index (χ3v) is 2.63. The minimum atomic E-state index is -6.00. The lowest BCUT2D eigenvalue weighted by molar-refractivity contribution is -0.683. The van der Waals surface area contributed by atoms with Crippen molar-refractivity contribution in [3.8, 4) is 0 Å². The third-order valence-electron chi connectivity index (χ3n) is 2.63. The third kappa shape index (κ3) is 12.6. The Bertz CT molecular complexity index is 462. The molecule has 0 aromatic carbocycles. The fourth-order valence-electron chi connectivity index (χ4n) is 1.42. The highest BCUT2D eigenvalue weighted by Gasteiger charge is 2.20. The van der Waals surface area contributed by atoms with Gasteiger partial charge in [0.1, 0.15) is 19.2 Å². The zero-order valence-corrected chi connectivity index (χ0v) is 13.3. The summed E-state index contributed by atoms with van der Waals surface area (Å²) >= 11 is 0. The quantitative estimate of drug-likeness (QED) is 0.253. The number of ether oxygens (including phenoxy) is 3. The van der Waals surface area contributed by atoms with Crippen LogP contribution in [0.15, 0.2) is 6.20 Å². The summed E-state index contributed by atoms with van der Waals surface area (Å²) in [6.45, 7) is 3.67. The van der Waals surface area contributed by atoms with E-state index in [1.165, 1.54) is 0 Å². The van der Waals surface area contributed by atoms with Crippen molar-refractivity contribution in [1.29, 1.82) is 0 Å². The number of H-pyrrole nitrogens is 1. The molecule has 0 saturated heterocycles. The predicted octanol–water partition coefficient (Wildman–Crippen LogP) is 1.20. The van der Waals surface area contributed by atoms with Gasteiger partial charge in [-0.05, 0) is 0 Å². The van der Waals surface area contributed by atoms with Crippen LogP contribution in [-0.4, -0.2) is 51.7 Å².